The average Bonchev–Trinajstić information content (AvgIpc) is 2.60. The van der Waals surface area contributed by atoms with Crippen molar-refractivity contribution in [2.45, 2.75) is 32.2 Å². The van der Waals surface area contributed by atoms with E-state index in [0.717, 1.165) is 29.7 Å². The molecule has 13 heavy (non-hydrogen) atoms. The highest BCUT2D eigenvalue weighted by Crippen LogP contribution is 2.41. The second-order valence-corrected chi connectivity index (χ2v) is 5.27. The van der Waals surface area contributed by atoms with E-state index in [-0.39, 0.29) is 0 Å². The molecule has 3 aliphatic rings. The Balaban J connectivity index is 1.49. The van der Waals surface area contributed by atoms with E-state index in [1.807, 2.05) is 0 Å². The molecule has 0 radical (unpaired) electrons. The molecule has 1 N–H and O–H groups in total. The highest BCUT2D eigenvalue weighted by atomic mass is 14.9. The van der Waals surface area contributed by atoms with Crippen molar-refractivity contribution < 1.29 is 0 Å². The van der Waals surface area contributed by atoms with Gasteiger partial charge in [-0.25, -0.2) is 0 Å². The Morgan fingerprint density at radius 1 is 1.23 bits per heavy atom. The van der Waals surface area contributed by atoms with Gasteiger partial charge in [-0.15, -0.1) is 0 Å². The molecular formula is C12H19N. The average molecular weight is 177 g/mol. The van der Waals surface area contributed by atoms with E-state index >= 15 is 0 Å². The molecule has 0 aromatic carbocycles. The number of nitrogens with one attached hydrogen (secondary N) is 1. The smallest absolute Gasteiger partial charge is 0.0136 e. The molecule has 0 aromatic heterocycles. The van der Waals surface area contributed by atoms with Crippen LogP contribution in [0.4, 0.5) is 0 Å². The summed E-state index contributed by atoms with van der Waals surface area (Å²) in [6, 6.07) is 0.822. The molecule has 2 bridgehead atoms. The van der Waals surface area contributed by atoms with Gasteiger partial charge >= 0.3 is 0 Å². The number of fused-ring (bicyclic) bond motifs is 2. The molecule has 2 saturated carbocycles. The zero-order valence-corrected chi connectivity index (χ0v) is 8.37. The van der Waals surface area contributed by atoms with Gasteiger partial charge in [0, 0.05) is 6.04 Å². The fraction of sp³-hybridized carbons (Fsp3) is 0.833. The first-order chi connectivity index (χ1) is 6.33. The zero-order chi connectivity index (χ0) is 8.84. The number of hydrogen-bond donors (Lipinski definition) is 1. The van der Waals surface area contributed by atoms with Crippen LogP contribution >= 0.6 is 0 Å². The fourth-order valence-electron chi connectivity index (χ4n) is 3.00. The van der Waals surface area contributed by atoms with Gasteiger partial charge < -0.3 is 5.32 Å². The van der Waals surface area contributed by atoms with E-state index in [0.29, 0.717) is 0 Å². The summed E-state index contributed by atoms with van der Waals surface area (Å²) in [6.07, 6.45) is 9.15. The minimum absolute atomic E-state index is 0.822. The van der Waals surface area contributed by atoms with Crippen LogP contribution in [0.3, 0.4) is 0 Å². The highest BCUT2D eigenvalue weighted by molar-refractivity contribution is 5.12. The number of hydrogen-bond acceptors (Lipinski definition) is 1. The van der Waals surface area contributed by atoms with Gasteiger partial charge in [0.25, 0.3) is 0 Å². The monoisotopic (exact) mass is 177 g/mol. The van der Waals surface area contributed by atoms with Crippen LogP contribution in [0.15, 0.2) is 12.2 Å². The van der Waals surface area contributed by atoms with Gasteiger partial charge in [0.1, 0.15) is 0 Å². The SMILES string of the molecule is CC1CC1CNC1C[C@@H]2C=C[C@H]1C2. The first-order valence-electron chi connectivity index (χ1n) is 5.74. The Bertz CT molecular complexity index is 233. The third-order valence-electron chi connectivity index (χ3n) is 4.20. The Hall–Kier alpha value is -0.300. The highest BCUT2D eigenvalue weighted by Gasteiger charge is 2.37. The lowest BCUT2D eigenvalue weighted by atomic mass is 10.0. The molecular weight excluding hydrogens is 158 g/mol. The molecule has 0 amide bonds. The molecule has 2 fully saturated rings. The van der Waals surface area contributed by atoms with Crippen molar-refractivity contribution in [3.63, 3.8) is 0 Å². The standard InChI is InChI=1S/C12H19N/c1-8-4-11(8)7-13-12-6-9-2-3-10(12)5-9/h2-3,8-13H,4-7H2,1H3/t8?,9-,10+,11?,12?/m1/s1. The van der Waals surface area contributed by atoms with Crippen molar-refractivity contribution in [3.05, 3.63) is 12.2 Å². The van der Waals surface area contributed by atoms with Crippen molar-refractivity contribution in [1.82, 2.24) is 5.32 Å². The van der Waals surface area contributed by atoms with E-state index in [1.54, 1.807) is 0 Å². The first-order valence-corrected chi connectivity index (χ1v) is 5.74. The molecule has 0 aromatic rings. The maximum Gasteiger partial charge on any atom is 0.0136 e. The fourth-order valence-corrected chi connectivity index (χ4v) is 3.00. The Kier molecular flexibility index (Phi) is 1.76. The first kappa shape index (κ1) is 8.05. The van der Waals surface area contributed by atoms with Crippen molar-refractivity contribution in [1.29, 1.82) is 0 Å². The van der Waals surface area contributed by atoms with Gasteiger partial charge in [0.05, 0.1) is 0 Å². The van der Waals surface area contributed by atoms with Crippen LogP contribution in [0.2, 0.25) is 0 Å². The van der Waals surface area contributed by atoms with Crippen molar-refractivity contribution >= 4 is 0 Å². The number of allylic oxidation sites excluding steroid dienone is 1. The van der Waals surface area contributed by atoms with Crippen LogP contribution in [0, 0.1) is 23.7 Å². The summed E-state index contributed by atoms with van der Waals surface area (Å²) in [5.41, 5.74) is 0. The summed E-state index contributed by atoms with van der Waals surface area (Å²) in [5.74, 6) is 3.79. The Morgan fingerprint density at radius 2 is 2.08 bits per heavy atom. The summed E-state index contributed by atoms with van der Waals surface area (Å²) in [7, 11) is 0. The second kappa shape index (κ2) is 2.84. The maximum absolute atomic E-state index is 3.75. The Labute approximate surface area is 80.6 Å². The zero-order valence-electron chi connectivity index (χ0n) is 8.37. The van der Waals surface area contributed by atoms with Crippen LogP contribution < -0.4 is 5.32 Å². The van der Waals surface area contributed by atoms with Gasteiger partial charge in [-0.1, -0.05) is 19.1 Å². The van der Waals surface area contributed by atoms with Crippen molar-refractivity contribution in [2.24, 2.45) is 23.7 Å². The summed E-state index contributed by atoms with van der Waals surface area (Å²) >= 11 is 0. The molecule has 1 nitrogen and oxygen atoms in total. The molecule has 72 valence electrons. The van der Waals surface area contributed by atoms with E-state index in [2.05, 4.69) is 24.4 Å². The van der Waals surface area contributed by atoms with Crippen LogP contribution in [0.5, 0.6) is 0 Å². The third-order valence-corrected chi connectivity index (χ3v) is 4.20. The van der Waals surface area contributed by atoms with Gasteiger partial charge in [-0.2, -0.15) is 0 Å². The van der Waals surface area contributed by atoms with Crippen molar-refractivity contribution in [2.75, 3.05) is 6.54 Å². The molecule has 0 heterocycles. The Morgan fingerprint density at radius 3 is 2.62 bits per heavy atom. The van der Waals surface area contributed by atoms with Crippen LogP contribution in [-0.2, 0) is 0 Å². The molecule has 3 rings (SSSR count). The minimum atomic E-state index is 0.822. The van der Waals surface area contributed by atoms with E-state index in [1.165, 1.54) is 25.8 Å². The van der Waals surface area contributed by atoms with Crippen molar-refractivity contribution in [3.8, 4) is 0 Å². The predicted octanol–water partition coefficient (Wildman–Crippen LogP) is 2.20. The number of rotatable bonds is 3. The van der Waals surface area contributed by atoms with Gasteiger partial charge in [-0.3, -0.25) is 0 Å². The molecule has 0 spiro atoms. The van der Waals surface area contributed by atoms with Gasteiger partial charge in [0.2, 0.25) is 0 Å². The summed E-state index contributed by atoms with van der Waals surface area (Å²) < 4.78 is 0. The molecule has 3 aliphatic carbocycles. The van der Waals surface area contributed by atoms with Gasteiger partial charge in [-0.05, 0) is 49.5 Å². The molecule has 3 unspecified atom stereocenters. The molecule has 5 atom stereocenters. The molecule has 0 aliphatic heterocycles. The topological polar surface area (TPSA) is 12.0 Å². The maximum atomic E-state index is 3.75. The predicted molar refractivity (Wildman–Crippen MR) is 54.4 cm³/mol. The van der Waals surface area contributed by atoms with E-state index in [4.69, 9.17) is 0 Å². The summed E-state index contributed by atoms with van der Waals surface area (Å²) in [6.45, 7) is 3.65. The largest absolute Gasteiger partial charge is 0.313 e. The molecule has 1 heteroatoms. The lowest BCUT2D eigenvalue weighted by Crippen LogP contribution is -2.34. The minimum Gasteiger partial charge on any atom is -0.313 e. The summed E-state index contributed by atoms with van der Waals surface area (Å²) in [5, 5.41) is 3.75. The third kappa shape index (κ3) is 1.43. The lowest BCUT2D eigenvalue weighted by molar-refractivity contribution is 0.436. The summed E-state index contributed by atoms with van der Waals surface area (Å²) in [4.78, 5) is 0. The van der Waals surface area contributed by atoms with E-state index < -0.39 is 0 Å². The van der Waals surface area contributed by atoms with Gasteiger partial charge in [0.15, 0.2) is 0 Å². The normalized spacial score (nSPS) is 51.6. The molecule has 0 saturated heterocycles. The van der Waals surface area contributed by atoms with E-state index in [9.17, 15) is 0 Å². The second-order valence-electron chi connectivity index (χ2n) is 5.27. The quantitative estimate of drug-likeness (QED) is 0.652. The lowest BCUT2D eigenvalue weighted by Gasteiger charge is -2.19. The van der Waals surface area contributed by atoms with Crippen LogP contribution in [-0.4, -0.2) is 12.6 Å². The van der Waals surface area contributed by atoms with Crippen LogP contribution in [0.1, 0.15) is 26.2 Å². The van der Waals surface area contributed by atoms with Crippen LogP contribution in [0.25, 0.3) is 0 Å².